The largest absolute Gasteiger partial charge is 0.332 e. The summed E-state index contributed by atoms with van der Waals surface area (Å²) in [5, 5.41) is 7.96. The zero-order chi connectivity index (χ0) is 22.3. The van der Waals surface area contributed by atoms with Crippen LogP contribution in [0.4, 0.5) is 0 Å². The molecule has 0 aliphatic carbocycles. The minimum Gasteiger partial charge on any atom is -0.332 e. The highest BCUT2D eigenvalue weighted by molar-refractivity contribution is 5.96. The van der Waals surface area contributed by atoms with Gasteiger partial charge in [-0.25, -0.2) is 9.50 Å². The molecule has 2 saturated heterocycles. The first-order valence-electron chi connectivity index (χ1n) is 11.6. The lowest BCUT2D eigenvalue weighted by molar-refractivity contribution is 0.0534. The first-order chi connectivity index (χ1) is 16.2. The van der Waals surface area contributed by atoms with E-state index in [4.69, 9.17) is 4.98 Å². The number of fused-ring (bicyclic) bond motifs is 1. The van der Waals surface area contributed by atoms with Crippen LogP contribution < -0.4 is 5.32 Å². The predicted octanol–water partition coefficient (Wildman–Crippen LogP) is 3.82. The van der Waals surface area contributed by atoms with Gasteiger partial charge in [0.1, 0.15) is 0 Å². The van der Waals surface area contributed by atoms with Crippen LogP contribution in [-0.2, 0) is 0 Å². The van der Waals surface area contributed by atoms with E-state index in [0.717, 1.165) is 67.8 Å². The maximum atomic E-state index is 13.6. The predicted molar refractivity (Wildman–Crippen MR) is 127 cm³/mol. The summed E-state index contributed by atoms with van der Waals surface area (Å²) in [6.45, 7) is 2.74. The number of likely N-dealkylation sites (tertiary alicyclic amines) is 1. The molecule has 0 radical (unpaired) electrons. The second-order valence-electron chi connectivity index (χ2n) is 9.00. The lowest BCUT2D eigenvalue weighted by Crippen LogP contribution is -2.56. The van der Waals surface area contributed by atoms with Gasteiger partial charge < -0.3 is 10.2 Å². The highest BCUT2D eigenvalue weighted by atomic mass is 16.2. The third-order valence-electron chi connectivity index (χ3n) is 7.01. The molecule has 166 valence electrons. The fraction of sp³-hybridized carbons (Fsp3) is 0.308. The number of rotatable bonds is 3. The molecule has 7 heteroatoms. The first kappa shape index (κ1) is 20.1. The van der Waals surface area contributed by atoms with Crippen LogP contribution in [0.2, 0.25) is 0 Å². The molecular formula is C26H26N6O. The van der Waals surface area contributed by atoms with Crippen molar-refractivity contribution < 1.29 is 4.79 Å². The number of hydrogen-bond donors (Lipinski definition) is 1. The molecule has 3 aromatic heterocycles. The molecule has 1 unspecified atom stereocenters. The molecular weight excluding hydrogens is 412 g/mol. The number of carbonyl (C=O) groups excluding carboxylic acids is 1. The fourth-order valence-corrected chi connectivity index (χ4v) is 5.34. The quantitative estimate of drug-likeness (QED) is 0.526. The number of hydrogen-bond acceptors (Lipinski definition) is 5. The number of amides is 1. The van der Waals surface area contributed by atoms with Crippen LogP contribution in [-0.4, -0.2) is 55.6 Å². The van der Waals surface area contributed by atoms with Gasteiger partial charge >= 0.3 is 0 Å². The second kappa shape index (κ2) is 8.08. The number of carbonyl (C=O) groups is 1. The Morgan fingerprint density at radius 3 is 2.76 bits per heavy atom. The molecule has 0 bridgehead atoms. The topological polar surface area (TPSA) is 75.4 Å². The molecule has 2 aliphatic heterocycles. The van der Waals surface area contributed by atoms with Crippen molar-refractivity contribution in [3.05, 3.63) is 72.7 Å². The van der Waals surface area contributed by atoms with Gasteiger partial charge in [-0.15, -0.1) is 0 Å². The minimum absolute atomic E-state index is 0.0463. The van der Waals surface area contributed by atoms with Crippen LogP contribution in [0.15, 0.2) is 67.1 Å². The van der Waals surface area contributed by atoms with Crippen molar-refractivity contribution in [2.45, 2.75) is 31.2 Å². The number of benzene rings is 1. The van der Waals surface area contributed by atoms with Gasteiger partial charge in [0.15, 0.2) is 5.65 Å². The van der Waals surface area contributed by atoms with Gasteiger partial charge in [0, 0.05) is 36.6 Å². The Bertz CT molecular complexity index is 1310. The van der Waals surface area contributed by atoms with Gasteiger partial charge in [-0.05, 0) is 50.4 Å². The van der Waals surface area contributed by atoms with Crippen LogP contribution in [0.3, 0.4) is 0 Å². The van der Waals surface area contributed by atoms with Crippen molar-refractivity contribution in [2.75, 3.05) is 19.6 Å². The molecule has 2 fully saturated rings. The minimum atomic E-state index is -0.0463. The summed E-state index contributed by atoms with van der Waals surface area (Å²) >= 11 is 0. The lowest BCUT2D eigenvalue weighted by atomic mass is 9.87. The summed E-state index contributed by atoms with van der Waals surface area (Å²) in [6, 6.07) is 15.7. The van der Waals surface area contributed by atoms with E-state index in [-0.39, 0.29) is 11.4 Å². The number of nitrogens with one attached hydrogen (secondary N) is 1. The van der Waals surface area contributed by atoms with E-state index in [0.29, 0.717) is 11.3 Å². The van der Waals surface area contributed by atoms with Crippen molar-refractivity contribution in [2.24, 2.45) is 0 Å². The van der Waals surface area contributed by atoms with Crippen molar-refractivity contribution in [1.29, 1.82) is 0 Å². The van der Waals surface area contributed by atoms with E-state index >= 15 is 0 Å². The summed E-state index contributed by atoms with van der Waals surface area (Å²) in [7, 11) is 0. The number of pyridine rings is 1. The lowest BCUT2D eigenvalue weighted by Gasteiger charge is -2.42. The molecule has 5 heterocycles. The Morgan fingerprint density at radius 1 is 1.03 bits per heavy atom. The monoisotopic (exact) mass is 438 g/mol. The molecule has 2 aliphatic rings. The summed E-state index contributed by atoms with van der Waals surface area (Å²) in [5.41, 5.74) is 4.80. The van der Waals surface area contributed by atoms with Crippen LogP contribution in [0, 0.1) is 0 Å². The van der Waals surface area contributed by atoms with Crippen molar-refractivity contribution in [1.82, 2.24) is 29.8 Å². The van der Waals surface area contributed by atoms with Gasteiger partial charge in [-0.1, -0.05) is 30.3 Å². The number of piperidine rings is 1. The summed E-state index contributed by atoms with van der Waals surface area (Å²) in [4.78, 5) is 25.1. The third kappa shape index (κ3) is 3.49. The van der Waals surface area contributed by atoms with Crippen molar-refractivity contribution in [3.8, 4) is 22.5 Å². The average Bonchev–Trinajstić information content (AvgIpc) is 3.48. The van der Waals surface area contributed by atoms with E-state index in [1.807, 2.05) is 54.7 Å². The third-order valence-corrected chi connectivity index (χ3v) is 7.01. The molecule has 4 aromatic rings. The first-order valence-corrected chi connectivity index (χ1v) is 11.6. The smallest absolute Gasteiger partial charge is 0.254 e. The zero-order valence-electron chi connectivity index (χ0n) is 18.4. The molecule has 7 nitrogen and oxygen atoms in total. The molecule has 1 spiro atoms. The van der Waals surface area contributed by atoms with Crippen LogP contribution in [0.5, 0.6) is 0 Å². The standard InChI is InChI=1S/C26H26N6O/c33-25(31-14-5-11-26(31)10-4-12-27-18-26)20-8-13-28-23(16-20)21-17-29-32-15-9-22(30-24(21)32)19-6-2-1-3-7-19/h1-3,6-9,13,15-17,27H,4-5,10-12,14,18H2. The van der Waals surface area contributed by atoms with Crippen LogP contribution >= 0.6 is 0 Å². The van der Waals surface area contributed by atoms with E-state index in [1.54, 1.807) is 16.9 Å². The van der Waals surface area contributed by atoms with Gasteiger partial charge in [0.2, 0.25) is 0 Å². The summed E-state index contributed by atoms with van der Waals surface area (Å²) in [5.74, 6) is 0.0919. The normalized spacial score (nSPS) is 20.5. The number of nitrogens with zero attached hydrogens (tertiary/aromatic N) is 5. The Kier molecular flexibility index (Phi) is 4.91. The van der Waals surface area contributed by atoms with Gasteiger partial charge in [-0.3, -0.25) is 9.78 Å². The highest BCUT2D eigenvalue weighted by Crippen LogP contribution is 2.36. The molecule has 33 heavy (non-hydrogen) atoms. The molecule has 0 saturated carbocycles. The van der Waals surface area contributed by atoms with E-state index in [2.05, 4.69) is 20.3 Å². The molecule has 1 atom stereocenters. The van der Waals surface area contributed by atoms with Gasteiger partial charge in [-0.2, -0.15) is 5.10 Å². The highest BCUT2D eigenvalue weighted by Gasteiger charge is 2.44. The van der Waals surface area contributed by atoms with Crippen LogP contribution in [0.25, 0.3) is 28.2 Å². The Balaban J connectivity index is 1.36. The average molecular weight is 439 g/mol. The molecule has 1 amide bonds. The van der Waals surface area contributed by atoms with Gasteiger partial charge in [0.25, 0.3) is 5.91 Å². The Labute approximate surface area is 192 Å². The zero-order valence-corrected chi connectivity index (χ0v) is 18.4. The SMILES string of the molecule is O=C(c1ccnc(-c2cnn3ccc(-c4ccccc4)nc23)c1)N1CCCC12CCCNC2. The summed E-state index contributed by atoms with van der Waals surface area (Å²) < 4.78 is 1.75. The van der Waals surface area contributed by atoms with Crippen LogP contribution in [0.1, 0.15) is 36.0 Å². The number of aromatic nitrogens is 4. The molecule has 1 aromatic carbocycles. The second-order valence-corrected chi connectivity index (χ2v) is 9.00. The molecule has 1 N–H and O–H groups in total. The van der Waals surface area contributed by atoms with Crippen molar-refractivity contribution >= 4 is 11.6 Å². The fourth-order valence-electron chi connectivity index (χ4n) is 5.34. The van der Waals surface area contributed by atoms with Crippen molar-refractivity contribution in [3.63, 3.8) is 0 Å². The maximum absolute atomic E-state index is 13.6. The summed E-state index contributed by atoms with van der Waals surface area (Å²) in [6.07, 6.45) is 9.72. The molecule has 6 rings (SSSR count). The van der Waals surface area contributed by atoms with Gasteiger partial charge in [0.05, 0.1) is 28.7 Å². The maximum Gasteiger partial charge on any atom is 0.254 e. The Morgan fingerprint density at radius 2 is 1.91 bits per heavy atom. The van der Waals surface area contributed by atoms with E-state index in [1.165, 1.54) is 0 Å². The van der Waals surface area contributed by atoms with E-state index < -0.39 is 0 Å². The van der Waals surface area contributed by atoms with E-state index in [9.17, 15) is 4.79 Å². The Hall–Kier alpha value is -3.58.